The summed E-state index contributed by atoms with van der Waals surface area (Å²) in [6.07, 6.45) is 2.03. The number of nitrogens with zero attached hydrogens (tertiary/aromatic N) is 2. The van der Waals surface area contributed by atoms with Crippen LogP contribution in [0.1, 0.15) is 36.9 Å². The van der Waals surface area contributed by atoms with Crippen molar-refractivity contribution < 1.29 is 17.9 Å². The number of nitrogens with one attached hydrogen (secondary N) is 1. The molecule has 7 nitrogen and oxygen atoms in total. The van der Waals surface area contributed by atoms with E-state index >= 15 is 0 Å². The van der Waals surface area contributed by atoms with Gasteiger partial charge in [-0.25, -0.2) is 12.7 Å². The van der Waals surface area contributed by atoms with Crippen LogP contribution in [0.4, 0.5) is 5.69 Å². The molecule has 8 heteroatoms. The van der Waals surface area contributed by atoms with E-state index in [0.29, 0.717) is 17.9 Å². The van der Waals surface area contributed by atoms with Gasteiger partial charge in [-0.3, -0.25) is 9.69 Å². The Hall–Kier alpha value is -2.42. The van der Waals surface area contributed by atoms with Crippen molar-refractivity contribution in [2.45, 2.75) is 37.6 Å². The largest absolute Gasteiger partial charge is 0.494 e. The number of carbonyl (C=O) groups excluding carboxylic acids is 1. The third kappa shape index (κ3) is 5.44. The highest BCUT2D eigenvalue weighted by atomic mass is 32.2. The van der Waals surface area contributed by atoms with Crippen LogP contribution >= 0.6 is 0 Å². The lowest BCUT2D eigenvalue weighted by atomic mass is 10.0. The molecule has 0 unspecified atom stereocenters. The average molecular weight is 446 g/mol. The lowest BCUT2D eigenvalue weighted by Crippen LogP contribution is -2.33. The zero-order valence-electron chi connectivity index (χ0n) is 18.6. The van der Waals surface area contributed by atoms with Crippen LogP contribution < -0.4 is 10.1 Å². The maximum absolute atomic E-state index is 12.7. The van der Waals surface area contributed by atoms with Gasteiger partial charge in [-0.1, -0.05) is 18.2 Å². The summed E-state index contributed by atoms with van der Waals surface area (Å²) >= 11 is 0. The van der Waals surface area contributed by atoms with Crippen LogP contribution in [-0.2, 0) is 14.8 Å². The van der Waals surface area contributed by atoms with Gasteiger partial charge in [0.25, 0.3) is 0 Å². The summed E-state index contributed by atoms with van der Waals surface area (Å²) in [6.45, 7) is 5.43. The van der Waals surface area contributed by atoms with Crippen LogP contribution in [-0.4, -0.2) is 57.3 Å². The number of sulfonamides is 1. The standard InChI is InChI=1S/C23H31N3O4S/c1-5-30-20-12-9-18(10-13-20)21-7-6-14-26(21)16-23(27)24-19-11-8-17(2)22(15-19)31(28,29)25(3)4/h8-13,15,21H,5-7,14,16H2,1-4H3,(H,24,27)/t21-/m1/s1. The molecule has 2 aromatic carbocycles. The minimum atomic E-state index is -3.58. The fourth-order valence-corrected chi connectivity index (χ4v) is 5.03. The topological polar surface area (TPSA) is 79.0 Å². The van der Waals surface area contributed by atoms with E-state index in [-0.39, 0.29) is 23.4 Å². The quantitative estimate of drug-likeness (QED) is 0.674. The van der Waals surface area contributed by atoms with Gasteiger partial charge in [0.2, 0.25) is 15.9 Å². The first kappa shape index (κ1) is 23.2. The Morgan fingerprint density at radius 2 is 1.90 bits per heavy atom. The van der Waals surface area contributed by atoms with E-state index < -0.39 is 10.0 Å². The highest BCUT2D eigenvalue weighted by Gasteiger charge is 2.28. The van der Waals surface area contributed by atoms with Gasteiger partial charge in [0, 0.05) is 25.8 Å². The molecular weight excluding hydrogens is 414 g/mol. The number of ether oxygens (including phenoxy) is 1. The first-order valence-electron chi connectivity index (χ1n) is 10.5. The summed E-state index contributed by atoms with van der Waals surface area (Å²) in [5.41, 5.74) is 2.29. The Bertz CT molecular complexity index is 1020. The fraction of sp³-hybridized carbons (Fsp3) is 0.435. The normalized spacial score (nSPS) is 17.1. The zero-order chi connectivity index (χ0) is 22.6. The van der Waals surface area contributed by atoms with Crippen LogP contribution in [0, 0.1) is 6.92 Å². The average Bonchev–Trinajstić information content (AvgIpc) is 3.18. The van der Waals surface area contributed by atoms with Gasteiger partial charge in [0.05, 0.1) is 18.0 Å². The minimum Gasteiger partial charge on any atom is -0.494 e. The van der Waals surface area contributed by atoms with Gasteiger partial charge in [-0.15, -0.1) is 0 Å². The number of hydrogen-bond donors (Lipinski definition) is 1. The Balaban J connectivity index is 1.69. The maximum atomic E-state index is 12.7. The van der Waals surface area contributed by atoms with Crippen molar-refractivity contribution in [1.82, 2.24) is 9.21 Å². The van der Waals surface area contributed by atoms with E-state index in [2.05, 4.69) is 22.3 Å². The van der Waals surface area contributed by atoms with Gasteiger partial charge in [-0.05, 0) is 68.6 Å². The molecule has 1 fully saturated rings. The van der Waals surface area contributed by atoms with Gasteiger partial charge in [-0.2, -0.15) is 0 Å². The smallest absolute Gasteiger partial charge is 0.242 e. The van der Waals surface area contributed by atoms with Gasteiger partial charge >= 0.3 is 0 Å². The molecule has 1 amide bonds. The second kappa shape index (κ2) is 9.80. The van der Waals surface area contributed by atoms with Crippen LogP contribution in [0.25, 0.3) is 0 Å². The second-order valence-electron chi connectivity index (χ2n) is 7.95. The molecule has 3 rings (SSSR count). The molecule has 31 heavy (non-hydrogen) atoms. The van der Waals surface area contributed by atoms with Crippen LogP contribution in [0.5, 0.6) is 5.75 Å². The SMILES string of the molecule is CCOc1ccc([C@H]2CCCN2CC(=O)Nc2ccc(C)c(S(=O)(=O)N(C)C)c2)cc1. The predicted octanol–water partition coefficient (Wildman–Crippen LogP) is 3.42. The summed E-state index contributed by atoms with van der Waals surface area (Å²) in [5.74, 6) is 0.686. The number of hydrogen-bond acceptors (Lipinski definition) is 5. The third-order valence-electron chi connectivity index (χ3n) is 5.52. The summed E-state index contributed by atoms with van der Waals surface area (Å²) < 4.78 is 31.7. The molecule has 1 atom stereocenters. The van der Waals surface area contributed by atoms with Crippen LogP contribution in [0.3, 0.4) is 0 Å². The first-order chi connectivity index (χ1) is 14.7. The summed E-state index contributed by atoms with van der Waals surface area (Å²) in [5, 5.41) is 2.86. The molecule has 1 aliphatic heterocycles. The summed E-state index contributed by atoms with van der Waals surface area (Å²) in [7, 11) is -0.590. The summed E-state index contributed by atoms with van der Waals surface area (Å²) in [6, 6.07) is 13.2. The Morgan fingerprint density at radius 1 is 1.19 bits per heavy atom. The number of benzene rings is 2. The maximum Gasteiger partial charge on any atom is 0.242 e. The molecule has 1 N–H and O–H groups in total. The number of anilines is 1. The molecule has 1 heterocycles. The Morgan fingerprint density at radius 3 is 2.55 bits per heavy atom. The highest BCUT2D eigenvalue weighted by Crippen LogP contribution is 2.32. The predicted molar refractivity (Wildman–Crippen MR) is 122 cm³/mol. The minimum absolute atomic E-state index is 0.158. The monoisotopic (exact) mass is 445 g/mol. The van der Waals surface area contributed by atoms with Crippen molar-refractivity contribution in [3.8, 4) is 5.75 Å². The number of carbonyl (C=O) groups is 1. The van der Waals surface area contributed by atoms with Gasteiger partial charge < -0.3 is 10.1 Å². The molecule has 0 bridgehead atoms. The number of amides is 1. The molecule has 0 radical (unpaired) electrons. The second-order valence-corrected chi connectivity index (χ2v) is 10.1. The van der Waals surface area contributed by atoms with Crippen LogP contribution in [0.15, 0.2) is 47.4 Å². The molecule has 2 aromatic rings. The first-order valence-corrected chi connectivity index (χ1v) is 12.0. The van der Waals surface area contributed by atoms with Crippen molar-refractivity contribution in [2.24, 2.45) is 0 Å². The fourth-order valence-electron chi connectivity index (χ4n) is 3.88. The molecule has 0 aromatic heterocycles. The number of rotatable bonds is 8. The number of likely N-dealkylation sites (tertiary alicyclic amines) is 1. The van der Waals surface area contributed by atoms with Crippen molar-refractivity contribution in [3.63, 3.8) is 0 Å². The molecule has 1 saturated heterocycles. The van der Waals surface area contributed by atoms with E-state index in [1.54, 1.807) is 19.1 Å². The van der Waals surface area contributed by atoms with E-state index in [9.17, 15) is 13.2 Å². The lowest BCUT2D eigenvalue weighted by molar-refractivity contribution is -0.117. The number of aryl methyl sites for hydroxylation is 1. The van der Waals surface area contributed by atoms with E-state index in [1.807, 2.05) is 19.1 Å². The van der Waals surface area contributed by atoms with Crippen molar-refractivity contribution in [3.05, 3.63) is 53.6 Å². The highest BCUT2D eigenvalue weighted by molar-refractivity contribution is 7.89. The Labute approximate surface area is 185 Å². The lowest BCUT2D eigenvalue weighted by Gasteiger charge is -2.24. The van der Waals surface area contributed by atoms with Crippen molar-refractivity contribution in [1.29, 1.82) is 0 Å². The summed E-state index contributed by atoms with van der Waals surface area (Å²) in [4.78, 5) is 15.1. The molecule has 1 aliphatic rings. The van der Waals surface area contributed by atoms with E-state index in [1.165, 1.54) is 30.0 Å². The molecule has 0 aliphatic carbocycles. The molecule has 0 spiro atoms. The van der Waals surface area contributed by atoms with Crippen molar-refractivity contribution >= 4 is 21.6 Å². The van der Waals surface area contributed by atoms with Crippen molar-refractivity contribution in [2.75, 3.05) is 39.1 Å². The van der Waals surface area contributed by atoms with Gasteiger partial charge in [0.1, 0.15) is 5.75 Å². The Kier molecular flexibility index (Phi) is 7.35. The van der Waals surface area contributed by atoms with Crippen LogP contribution in [0.2, 0.25) is 0 Å². The molecular formula is C23H31N3O4S. The van der Waals surface area contributed by atoms with Gasteiger partial charge in [0.15, 0.2) is 0 Å². The third-order valence-corrected chi connectivity index (χ3v) is 7.47. The zero-order valence-corrected chi connectivity index (χ0v) is 19.4. The molecule has 0 saturated carbocycles. The van der Waals surface area contributed by atoms with E-state index in [0.717, 1.165) is 25.1 Å². The molecule has 168 valence electrons. The van der Waals surface area contributed by atoms with E-state index in [4.69, 9.17) is 4.74 Å².